The summed E-state index contributed by atoms with van der Waals surface area (Å²) in [6.45, 7) is 0.609. The van der Waals surface area contributed by atoms with Gasteiger partial charge in [0, 0.05) is 35.5 Å². The van der Waals surface area contributed by atoms with Crippen molar-refractivity contribution in [1.29, 1.82) is 0 Å². The van der Waals surface area contributed by atoms with Crippen LogP contribution in [0.25, 0.3) is 22.3 Å². The van der Waals surface area contributed by atoms with E-state index in [2.05, 4.69) is 15.3 Å². The number of methoxy groups -OCH3 is 1. The van der Waals surface area contributed by atoms with Crippen molar-refractivity contribution >= 4 is 16.7 Å². The molecule has 0 radical (unpaired) electrons. The molecule has 0 amide bonds. The zero-order chi connectivity index (χ0) is 17.8. The van der Waals surface area contributed by atoms with Crippen LogP contribution in [0, 0.1) is 0 Å². The van der Waals surface area contributed by atoms with Gasteiger partial charge in [0.1, 0.15) is 11.6 Å². The molecule has 0 saturated carbocycles. The zero-order valence-electron chi connectivity index (χ0n) is 14.4. The molecule has 0 saturated heterocycles. The largest absolute Gasteiger partial charge is 0.496 e. The number of rotatable bonds is 5. The first kappa shape index (κ1) is 16.0. The number of hydrogen-bond acceptors (Lipinski definition) is 5. The number of ether oxygens (including phenoxy) is 1. The average molecular weight is 342 g/mol. The van der Waals surface area contributed by atoms with Crippen molar-refractivity contribution in [3.8, 4) is 17.1 Å². The number of nitrogens with one attached hydrogen (secondary N) is 1. The van der Waals surface area contributed by atoms with Crippen LogP contribution in [-0.4, -0.2) is 22.1 Å². The van der Waals surface area contributed by atoms with Crippen LogP contribution in [0.5, 0.6) is 5.75 Å². The highest BCUT2D eigenvalue weighted by atomic mass is 16.5. The summed E-state index contributed by atoms with van der Waals surface area (Å²) in [5, 5.41) is 4.42. The third-order valence-electron chi connectivity index (χ3n) is 4.16. The Morgan fingerprint density at radius 2 is 1.77 bits per heavy atom. The van der Waals surface area contributed by atoms with E-state index < -0.39 is 0 Å². The summed E-state index contributed by atoms with van der Waals surface area (Å²) in [4.78, 5) is 13.6. The molecule has 0 atom stereocenters. The van der Waals surface area contributed by atoms with Crippen molar-refractivity contribution in [3.63, 3.8) is 0 Å². The summed E-state index contributed by atoms with van der Waals surface area (Å²) in [6, 6.07) is 19.8. The molecule has 0 fully saturated rings. The minimum absolute atomic E-state index is 0.609. The summed E-state index contributed by atoms with van der Waals surface area (Å²) in [5.74, 6) is 2.30. The lowest BCUT2D eigenvalue weighted by molar-refractivity contribution is 0.410. The molecule has 0 bridgehead atoms. The van der Waals surface area contributed by atoms with E-state index in [1.54, 1.807) is 19.5 Å². The molecule has 128 valence electrons. The molecule has 1 N–H and O–H groups in total. The number of nitrogens with zero attached hydrogens (tertiary/aromatic N) is 3. The fraction of sp³-hybridized carbons (Fsp3) is 0.0952. The van der Waals surface area contributed by atoms with Gasteiger partial charge in [-0.15, -0.1) is 0 Å². The highest BCUT2D eigenvalue weighted by Crippen LogP contribution is 2.26. The summed E-state index contributed by atoms with van der Waals surface area (Å²) in [6.07, 6.45) is 3.51. The zero-order valence-corrected chi connectivity index (χ0v) is 14.4. The maximum Gasteiger partial charge on any atom is 0.163 e. The number of aromatic nitrogens is 3. The molecule has 0 aliphatic heterocycles. The van der Waals surface area contributed by atoms with E-state index in [0.717, 1.165) is 33.6 Å². The molecule has 0 aliphatic carbocycles. The van der Waals surface area contributed by atoms with Crippen LogP contribution >= 0.6 is 0 Å². The van der Waals surface area contributed by atoms with Crippen LogP contribution in [-0.2, 0) is 6.54 Å². The second-order valence-electron chi connectivity index (χ2n) is 5.82. The van der Waals surface area contributed by atoms with Crippen molar-refractivity contribution in [1.82, 2.24) is 15.0 Å². The van der Waals surface area contributed by atoms with Gasteiger partial charge in [-0.1, -0.05) is 30.3 Å². The summed E-state index contributed by atoms with van der Waals surface area (Å²) >= 11 is 0. The quantitative estimate of drug-likeness (QED) is 0.585. The van der Waals surface area contributed by atoms with Gasteiger partial charge in [-0.05, 0) is 30.3 Å². The fourth-order valence-electron chi connectivity index (χ4n) is 2.86. The molecular formula is C21H18N4O. The van der Waals surface area contributed by atoms with Crippen LogP contribution in [0.15, 0.2) is 73.1 Å². The number of fused-ring (bicyclic) bond motifs is 1. The highest BCUT2D eigenvalue weighted by molar-refractivity contribution is 5.90. The van der Waals surface area contributed by atoms with E-state index >= 15 is 0 Å². The van der Waals surface area contributed by atoms with Gasteiger partial charge < -0.3 is 10.1 Å². The lowest BCUT2D eigenvalue weighted by Crippen LogP contribution is -2.05. The highest BCUT2D eigenvalue weighted by Gasteiger charge is 2.10. The number of anilines is 1. The van der Waals surface area contributed by atoms with Gasteiger partial charge in [0.15, 0.2) is 5.82 Å². The second-order valence-corrected chi connectivity index (χ2v) is 5.82. The molecule has 2 aromatic carbocycles. The number of pyridine rings is 1. The van der Waals surface area contributed by atoms with Crippen molar-refractivity contribution in [2.75, 3.05) is 12.4 Å². The van der Waals surface area contributed by atoms with Crippen molar-refractivity contribution in [2.24, 2.45) is 0 Å². The maximum absolute atomic E-state index is 5.43. The molecule has 2 aromatic heterocycles. The summed E-state index contributed by atoms with van der Waals surface area (Å²) in [7, 11) is 1.68. The molecule has 26 heavy (non-hydrogen) atoms. The van der Waals surface area contributed by atoms with Crippen LogP contribution in [0.2, 0.25) is 0 Å². The van der Waals surface area contributed by atoms with Crippen molar-refractivity contribution < 1.29 is 4.74 Å². The molecule has 4 rings (SSSR count). The Kier molecular flexibility index (Phi) is 4.43. The lowest BCUT2D eigenvalue weighted by Gasteiger charge is -2.13. The number of hydrogen-bond donors (Lipinski definition) is 1. The van der Waals surface area contributed by atoms with Crippen LogP contribution in [0.1, 0.15) is 5.56 Å². The smallest absolute Gasteiger partial charge is 0.163 e. The molecule has 5 nitrogen and oxygen atoms in total. The predicted octanol–water partition coefficient (Wildman–Crippen LogP) is 4.31. The second kappa shape index (κ2) is 7.19. The average Bonchev–Trinajstić information content (AvgIpc) is 2.72. The first-order chi connectivity index (χ1) is 12.8. The van der Waals surface area contributed by atoms with Gasteiger partial charge in [0.05, 0.1) is 12.6 Å². The SMILES string of the molecule is COc1ccccc1CNc1nc(-c2cccnc2)nc2ccccc12. The van der Waals surface area contributed by atoms with Gasteiger partial charge in [-0.3, -0.25) is 4.98 Å². The molecule has 0 spiro atoms. The van der Waals surface area contributed by atoms with Gasteiger partial charge in [0.2, 0.25) is 0 Å². The van der Waals surface area contributed by atoms with E-state index in [-0.39, 0.29) is 0 Å². The summed E-state index contributed by atoms with van der Waals surface area (Å²) in [5.41, 5.74) is 2.85. The molecule has 0 aliphatic rings. The first-order valence-corrected chi connectivity index (χ1v) is 8.38. The van der Waals surface area contributed by atoms with E-state index in [4.69, 9.17) is 9.72 Å². The maximum atomic E-state index is 5.43. The molecular weight excluding hydrogens is 324 g/mol. The minimum Gasteiger partial charge on any atom is -0.496 e. The Morgan fingerprint density at radius 3 is 2.62 bits per heavy atom. The van der Waals surface area contributed by atoms with Crippen LogP contribution in [0.3, 0.4) is 0 Å². The Balaban J connectivity index is 1.73. The normalized spacial score (nSPS) is 10.7. The third kappa shape index (κ3) is 3.19. The Labute approximate surface area is 151 Å². The van der Waals surface area contributed by atoms with Crippen molar-refractivity contribution in [2.45, 2.75) is 6.54 Å². The lowest BCUT2D eigenvalue weighted by atomic mass is 10.2. The summed E-state index contributed by atoms with van der Waals surface area (Å²) < 4.78 is 5.43. The van der Waals surface area contributed by atoms with Gasteiger partial charge in [-0.25, -0.2) is 9.97 Å². The molecule has 2 heterocycles. The van der Waals surface area contributed by atoms with E-state index in [1.165, 1.54) is 0 Å². The number of benzene rings is 2. The Morgan fingerprint density at radius 1 is 0.923 bits per heavy atom. The standard InChI is InChI=1S/C21H18N4O/c1-26-19-11-5-2-7-15(19)14-23-21-17-9-3-4-10-18(17)24-20(25-21)16-8-6-12-22-13-16/h2-13H,14H2,1H3,(H,23,24,25). The minimum atomic E-state index is 0.609. The monoisotopic (exact) mass is 342 g/mol. The Hall–Kier alpha value is -3.47. The molecule has 0 unspecified atom stereocenters. The Bertz CT molecular complexity index is 1030. The number of para-hydroxylation sites is 2. The molecule has 5 heteroatoms. The fourth-order valence-corrected chi connectivity index (χ4v) is 2.86. The topological polar surface area (TPSA) is 59.9 Å². The van der Waals surface area contributed by atoms with E-state index in [9.17, 15) is 0 Å². The van der Waals surface area contributed by atoms with Crippen molar-refractivity contribution in [3.05, 3.63) is 78.6 Å². The molecule has 4 aromatic rings. The predicted molar refractivity (Wildman–Crippen MR) is 103 cm³/mol. The van der Waals surface area contributed by atoms with Gasteiger partial charge in [0.25, 0.3) is 0 Å². The first-order valence-electron chi connectivity index (χ1n) is 8.38. The van der Waals surface area contributed by atoms with Crippen LogP contribution in [0.4, 0.5) is 5.82 Å². The van der Waals surface area contributed by atoms with Gasteiger partial charge in [-0.2, -0.15) is 0 Å². The van der Waals surface area contributed by atoms with Crippen LogP contribution < -0.4 is 10.1 Å². The third-order valence-corrected chi connectivity index (χ3v) is 4.16. The van der Waals surface area contributed by atoms with E-state index in [1.807, 2.05) is 60.7 Å². The van der Waals surface area contributed by atoms with E-state index in [0.29, 0.717) is 12.4 Å². The van der Waals surface area contributed by atoms with Gasteiger partial charge >= 0.3 is 0 Å².